The van der Waals surface area contributed by atoms with Crippen molar-refractivity contribution in [3.8, 4) is 0 Å². The number of carbonyl (C=O) groups excluding carboxylic acids is 4. The van der Waals surface area contributed by atoms with Gasteiger partial charge in [0.15, 0.2) is 12.2 Å². The molecule has 0 aromatic carbocycles. The molecule has 0 saturated carbocycles. The summed E-state index contributed by atoms with van der Waals surface area (Å²) in [6, 6.07) is 0. The molecule has 19 heteroatoms. The number of unbranched alkanes of at least 4 members (excludes halogenated alkanes) is 29. The summed E-state index contributed by atoms with van der Waals surface area (Å²) in [6.45, 7) is 14.0. The van der Waals surface area contributed by atoms with Crippen molar-refractivity contribution in [2.24, 2.45) is 23.7 Å². The Kier molecular flexibility index (Phi) is 55.7. The first-order valence-electron chi connectivity index (χ1n) is 34.7. The molecule has 6 atom stereocenters. The fraction of sp³-hybridized carbons (Fsp3) is 0.940. The first-order valence-corrected chi connectivity index (χ1v) is 37.7. The second-order valence-corrected chi connectivity index (χ2v) is 28.8. The van der Waals surface area contributed by atoms with Crippen LogP contribution in [0.5, 0.6) is 0 Å². The maximum Gasteiger partial charge on any atom is 0.472 e. The van der Waals surface area contributed by atoms with Crippen LogP contribution in [0.15, 0.2) is 0 Å². The first-order chi connectivity index (χ1) is 41.1. The van der Waals surface area contributed by atoms with Crippen molar-refractivity contribution < 1.29 is 80.2 Å². The van der Waals surface area contributed by atoms with Gasteiger partial charge in [-0.2, -0.15) is 0 Å². The van der Waals surface area contributed by atoms with Gasteiger partial charge in [-0.25, -0.2) is 9.13 Å². The summed E-state index contributed by atoms with van der Waals surface area (Å²) >= 11 is 0. The highest BCUT2D eigenvalue weighted by atomic mass is 31.2. The molecule has 0 bridgehead atoms. The fourth-order valence-corrected chi connectivity index (χ4v) is 11.5. The quantitative estimate of drug-likeness (QED) is 0.0222. The summed E-state index contributed by atoms with van der Waals surface area (Å²) in [4.78, 5) is 72.4. The van der Waals surface area contributed by atoms with Crippen LogP contribution in [0.3, 0.4) is 0 Å². The third-order valence-electron chi connectivity index (χ3n) is 15.7. The van der Waals surface area contributed by atoms with Crippen LogP contribution in [0, 0.1) is 23.7 Å². The van der Waals surface area contributed by atoms with Crippen LogP contribution in [0.1, 0.15) is 325 Å². The summed E-state index contributed by atoms with van der Waals surface area (Å²) < 4.78 is 68.1. The Morgan fingerprint density at radius 2 is 0.558 bits per heavy atom. The monoisotopic (exact) mass is 1270 g/mol. The Labute approximate surface area is 524 Å². The van der Waals surface area contributed by atoms with Crippen LogP contribution in [-0.2, 0) is 65.4 Å². The Balaban J connectivity index is 5.27. The average molecular weight is 1270 g/mol. The highest BCUT2D eigenvalue weighted by Gasteiger charge is 2.30. The molecule has 0 aromatic heterocycles. The molecule has 0 amide bonds. The summed E-state index contributed by atoms with van der Waals surface area (Å²) in [5.41, 5.74) is 0. The van der Waals surface area contributed by atoms with Crippen molar-refractivity contribution in [3.63, 3.8) is 0 Å². The maximum atomic E-state index is 13.0. The highest BCUT2D eigenvalue weighted by Crippen LogP contribution is 2.45. The Hall–Kier alpha value is -1.94. The molecule has 0 aliphatic rings. The number of esters is 4. The van der Waals surface area contributed by atoms with Crippen molar-refractivity contribution >= 4 is 39.5 Å². The predicted octanol–water partition coefficient (Wildman–Crippen LogP) is 18.5. The topological polar surface area (TPSA) is 237 Å². The largest absolute Gasteiger partial charge is 0.472 e. The van der Waals surface area contributed by atoms with Crippen LogP contribution in [0.2, 0.25) is 0 Å². The average Bonchev–Trinajstić information content (AvgIpc) is 3.60. The molecule has 0 saturated heterocycles. The number of carbonyl (C=O) groups is 4. The number of aliphatic hydroxyl groups excluding tert-OH is 1. The lowest BCUT2D eigenvalue weighted by Gasteiger charge is -2.21. The van der Waals surface area contributed by atoms with Crippen LogP contribution >= 0.6 is 15.6 Å². The first kappa shape index (κ1) is 84.1. The number of hydrogen-bond acceptors (Lipinski definition) is 15. The molecule has 3 N–H and O–H groups in total. The Bertz CT molecular complexity index is 1720. The molecule has 86 heavy (non-hydrogen) atoms. The number of hydrogen-bond donors (Lipinski definition) is 3. The van der Waals surface area contributed by atoms with Crippen molar-refractivity contribution in [1.29, 1.82) is 0 Å². The van der Waals surface area contributed by atoms with E-state index in [9.17, 15) is 43.2 Å². The molecule has 510 valence electrons. The van der Waals surface area contributed by atoms with Crippen molar-refractivity contribution in [3.05, 3.63) is 0 Å². The molecule has 0 fully saturated rings. The molecule has 17 nitrogen and oxygen atoms in total. The molecule has 0 spiro atoms. The smallest absolute Gasteiger partial charge is 0.462 e. The van der Waals surface area contributed by atoms with Crippen LogP contribution in [0.25, 0.3) is 0 Å². The van der Waals surface area contributed by atoms with Gasteiger partial charge in [0.1, 0.15) is 19.3 Å². The van der Waals surface area contributed by atoms with Gasteiger partial charge in [0.05, 0.1) is 26.4 Å². The van der Waals surface area contributed by atoms with Crippen molar-refractivity contribution in [2.45, 2.75) is 343 Å². The van der Waals surface area contributed by atoms with E-state index >= 15 is 0 Å². The van der Waals surface area contributed by atoms with Gasteiger partial charge in [-0.15, -0.1) is 0 Å². The second-order valence-electron chi connectivity index (χ2n) is 25.9. The Morgan fingerprint density at radius 1 is 0.326 bits per heavy atom. The molecular formula is C67H130O17P2. The van der Waals surface area contributed by atoms with Gasteiger partial charge >= 0.3 is 39.5 Å². The highest BCUT2D eigenvalue weighted by molar-refractivity contribution is 7.47. The van der Waals surface area contributed by atoms with Gasteiger partial charge in [0, 0.05) is 25.7 Å². The summed E-state index contributed by atoms with van der Waals surface area (Å²) in [5, 5.41) is 10.6. The molecule has 0 heterocycles. The van der Waals surface area contributed by atoms with Gasteiger partial charge in [-0.1, -0.05) is 274 Å². The molecule has 0 aliphatic carbocycles. The van der Waals surface area contributed by atoms with Gasteiger partial charge in [0.25, 0.3) is 0 Å². The zero-order valence-corrected chi connectivity index (χ0v) is 57.7. The molecule has 4 unspecified atom stereocenters. The minimum Gasteiger partial charge on any atom is -0.462 e. The Morgan fingerprint density at radius 3 is 0.826 bits per heavy atom. The second kappa shape index (κ2) is 57.0. The summed E-state index contributed by atoms with van der Waals surface area (Å²) in [7, 11) is -9.90. The van der Waals surface area contributed by atoms with Gasteiger partial charge in [-0.05, 0) is 49.4 Å². The van der Waals surface area contributed by atoms with E-state index in [1.54, 1.807) is 0 Å². The summed E-state index contributed by atoms with van der Waals surface area (Å²) in [6.07, 6.45) is 37.6. The van der Waals surface area contributed by atoms with E-state index in [0.29, 0.717) is 31.6 Å². The lowest BCUT2D eigenvalue weighted by Crippen LogP contribution is -2.30. The number of phosphoric ester groups is 2. The number of aliphatic hydroxyl groups is 1. The zero-order chi connectivity index (χ0) is 63.9. The van der Waals surface area contributed by atoms with Crippen LogP contribution in [-0.4, -0.2) is 96.7 Å². The van der Waals surface area contributed by atoms with Crippen molar-refractivity contribution in [1.82, 2.24) is 0 Å². The van der Waals surface area contributed by atoms with E-state index in [4.69, 9.17) is 37.0 Å². The summed E-state index contributed by atoms with van der Waals surface area (Å²) in [5.74, 6) is 0.820. The standard InChI is InChI=1S/C67H130O17P2/c1-9-60(8)46-38-30-22-16-17-23-31-39-47-64(69)77-53-62(83-66(71)49-41-33-24-14-10-12-19-27-35-43-57(2)3)55-81-85(73,74)79-51-61(68)52-80-86(75,76)82-56-63(54-78-65(70)48-40-32-26-18-21-29-37-45-59(6)7)84-67(72)50-42-34-25-15-11-13-20-28-36-44-58(4)5/h57-63,68H,9-56H2,1-8H3,(H,73,74)(H,75,76)/t60?,61?,62-,63-/m1/s1. The van der Waals surface area contributed by atoms with Gasteiger partial charge in [-0.3, -0.25) is 37.3 Å². The fourth-order valence-electron chi connectivity index (χ4n) is 9.93. The number of rotatable bonds is 64. The van der Waals surface area contributed by atoms with E-state index in [1.807, 2.05) is 0 Å². The van der Waals surface area contributed by atoms with Gasteiger partial charge < -0.3 is 33.8 Å². The van der Waals surface area contributed by atoms with Crippen molar-refractivity contribution in [2.75, 3.05) is 39.6 Å². The van der Waals surface area contributed by atoms with E-state index in [0.717, 1.165) is 114 Å². The normalized spacial score (nSPS) is 14.7. The third kappa shape index (κ3) is 59.7. The predicted molar refractivity (Wildman–Crippen MR) is 344 cm³/mol. The molecule has 0 aliphatic heterocycles. The minimum absolute atomic E-state index is 0.104. The SMILES string of the molecule is CCC(C)CCCCCCCCCCC(=O)OC[C@H](COP(=O)(O)OCC(O)COP(=O)(O)OC[C@@H](COC(=O)CCCCCCCCCC(C)C)OC(=O)CCCCCCCCCCCC(C)C)OC(=O)CCCCCCCCCCCC(C)C. The number of ether oxygens (including phenoxy) is 4. The number of phosphoric acid groups is 2. The van der Waals surface area contributed by atoms with E-state index in [2.05, 4.69) is 55.4 Å². The lowest BCUT2D eigenvalue weighted by atomic mass is 9.99. The third-order valence-corrected chi connectivity index (χ3v) is 17.6. The van der Waals surface area contributed by atoms with Gasteiger partial charge in [0.2, 0.25) is 0 Å². The zero-order valence-electron chi connectivity index (χ0n) is 55.9. The molecule has 0 aromatic rings. The van der Waals surface area contributed by atoms with Crippen LogP contribution in [0.4, 0.5) is 0 Å². The maximum absolute atomic E-state index is 13.0. The molecular weight excluding hydrogens is 1140 g/mol. The minimum atomic E-state index is -4.95. The van der Waals surface area contributed by atoms with E-state index < -0.39 is 97.5 Å². The van der Waals surface area contributed by atoms with E-state index in [1.165, 1.54) is 122 Å². The van der Waals surface area contributed by atoms with Crippen LogP contribution < -0.4 is 0 Å². The molecule has 0 rings (SSSR count). The molecule has 0 radical (unpaired) electrons. The van der Waals surface area contributed by atoms with E-state index in [-0.39, 0.29) is 25.7 Å². The lowest BCUT2D eigenvalue weighted by molar-refractivity contribution is -0.161.